The number of hydrogen-bond acceptors (Lipinski definition) is 1. The van der Waals surface area contributed by atoms with Crippen molar-refractivity contribution in [3.05, 3.63) is 96.1 Å². The molecular formula is C20H16S. The number of thiol groups is 1. The van der Waals surface area contributed by atoms with Gasteiger partial charge in [0.25, 0.3) is 0 Å². The van der Waals surface area contributed by atoms with Crippen LogP contribution in [0.2, 0.25) is 0 Å². The normalized spacial score (nSPS) is 11.4. The van der Waals surface area contributed by atoms with Gasteiger partial charge in [0.2, 0.25) is 0 Å². The summed E-state index contributed by atoms with van der Waals surface area (Å²) in [5, 5.41) is 0. The molecular weight excluding hydrogens is 272 g/mol. The monoisotopic (exact) mass is 288 g/mol. The molecule has 21 heavy (non-hydrogen) atoms. The van der Waals surface area contributed by atoms with Crippen molar-refractivity contribution in [2.45, 2.75) is 0 Å². The fourth-order valence-corrected chi connectivity index (χ4v) is 2.55. The van der Waals surface area contributed by atoms with E-state index in [9.17, 15) is 0 Å². The van der Waals surface area contributed by atoms with Crippen molar-refractivity contribution in [1.82, 2.24) is 0 Å². The summed E-state index contributed by atoms with van der Waals surface area (Å²) in [5.74, 6) is 0. The highest BCUT2D eigenvalue weighted by Crippen LogP contribution is 2.24. The van der Waals surface area contributed by atoms with Crippen LogP contribution in [0.5, 0.6) is 0 Å². The maximum atomic E-state index is 4.59. The maximum Gasteiger partial charge on any atom is 0.0118 e. The molecule has 0 unspecified atom stereocenters. The molecule has 0 heterocycles. The second-order valence-electron chi connectivity index (χ2n) is 4.88. The summed E-state index contributed by atoms with van der Waals surface area (Å²) in [7, 11) is 0. The highest BCUT2D eigenvalue weighted by Gasteiger charge is 1.98. The highest BCUT2D eigenvalue weighted by molar-refractivity contribution is 7.90. The molecule has 0 saturated heterocycles. The topological polar surface area (TPSA) is 0 Å². The quantitative estimate of drug-likeness (QED) is 0.458. The Hall–Kier alpha value is -2.25. The summed E-state index contributed by atoms with van der Waals surface area (Å²) in [4.78, 5) is 0.975. The molecule has 1 heteroatoms. The van der Waals surface area contributed by atoms with Crippen molar-refractivity contribution >= 4 is 23.6 Å². The zero-order chi connectivity index (χ0) is 14.5. The van der Waals surface area contributed by atoms with E-state index in [-0.39, 0.29) is 0 Å². The molecule has 0 bridgehead atoms. The predicted molar refractivity (Wildman–Crippen MR) is 95.2 cm³/mol. The van der Waals surface area contributed by atoms with Gasteiger partial charge in [0, 0.05) is 4.91 Å². The fraction of sp³-hybridized carbons (Fsp3) is 0. The van der Waals surface area contributed by atoms with Crippen LogP contribution >= 0.6 is 12.6 Å². The largest absolute Gasteiger partial charge is 0.143 e. The molecule has 0 nitrogen and oxygen atoms in total. The third-order valence-electron chi connectivity index (χ3n) is 3.39. The average molecular weight is 288 g/mol. The first kappa shape index (κ1) is 13.7. The standard InChI is InChI=1S/C20H16S/c21-20(19-9-5-2-6-10-19)15-16-11-13-18(14-12-16)17-7-3-1-4-8-17/h1-15,21H. The van der Waals surface area contributed by atoms with Crippen LogP contribution in [-0.4, -0.2) is 0 Å². The van der Waals surface area contributed by atoms with Gasteiger partial charge in [0.1, 0.15) is 0 Å². The van der Waals surface area contributed by atoms with Gasteiger partial charge in [0.05, 0.1) is 0 Å². The van der Waals surface area contributed by atoms with Crippen LogP contribution in [0.1, 0.15) is 11.1 Å². The zero-order valence-corrected chi connectivity index (χ0v) is 12.5. The third-order valence-corrected chi connectivity index (χ3v) is 3.78. The van der Waals surface area contributed by atoms with Crippen molar-refractivity contribution in [3.63, 3.8) is 0 Å². The van der Waals surface area contributed by atoms with Crippen molar-refractivity contribution in [2.24, 2.45) is 0 Å². The molecule has 3 aromatic carbocycles. The summed E-state index contributed by atoms with van der Waals surface area (Å²) >= 11 is 4.59. The molecule has 0 aliphatic heterocycles. The molecule has 0 aromatic heterocycles. The fourth-order valence-electron chi connectivity index (χ4n) is 2.25. The summed E-state index contributed by atoms with van der Waals surface area (Å²) < 4.78 is 0. The molecule has 3 rings (SSSR count). The molecule has 3 aromatic rings. The van der Waals surface area contributed by atoms with E-state index in [1.54, 1.807) is 0 Å². The van der Waals surface area contributed by atoms with E-state index >= 15 is 0 Å². The van der Waals surface area contributed by atoms with Gasteiger partial charge in [-0.25, -0.2) is 0 Å². The highest BCUT2D eigenvalue weighted by atomic mass is 32.1. The summed E-state index contributed by atoms with van der Waals surface area (Å²) in [6, 6.07) is 29.1. The van der Waals surface area contributed by atoms with Crippen LogP contribution in [0.25, 0.3) is 22.1 Å². The molecule has 0 aliphatic carbocycles. The summed E-state index contributed by atoms with van der Waals surface area (Å²) in [6.07, 6.45) is 2.09. The van der Waals surface area contributed by atoms with Crippen LogP contribution in [0, 0.1) is 0 Å². The average Bonchev–Trinajstić information content (AvgIpc) is 2.57. The van der Waals surface area contributed by atoms with E-state index in [2.05, 4.69) is 79.4 Å². The van der Waals surface area contributed by atoms with Crippen molar-refractivity contribution in [3.8, 4) is 11.1 Å². The lowest BCUT2D eigenvalue weighted by Crippen LogP contribution is -1.79. The molecule has 0 aliphatic rings. The number of benzene rings is 3. The van der Waals surface area contributed by atoms with E-state index in [0.717, 1.165) is 16.0 Å². The van der Waals surface area contributed by atoms with Gasteiger partial charge in [-0.3, -0.25) is 0 Å². The van der Waals surface area contributed by atoms with Crippen molar-refractivity contribution in [1.29, 1.82) is 0 Å². The minimum Gasteiger partial charge on any atom is -0.143 e. The minimum atomic E-state index is 0.975. The van der Waals surface area contributed by atoms with Gasteiger partial charge in [-0.05, 0) is 28.3 Å². The molecule has 102 valence electrons. The molecule has 0 saturated carbocycles. The van der Waals surface area contributed by atoms with Gasteiger partial charge >= 0.3 is 0 Å². The molecule has 0 atom stereocenters. The zero-order valence-electron chi connectivity index (χ0n) is 11.6. The van der Waals surface area contributed by atoms with Gasteiger partial charge in [-0.2, -0.15) is 0 Å². The van der Waals surface area contributed by atoms with Crippen LogP contribution < -0.4 is 0 Å². The Labute approximate surface area is 131 Å². The van der Waals surface area contributed by atoms with Gasteiger partial charge in [-0.15, -0.1) is 12.6 Å². The second-order valence-corrected chi connectivity index (χ2v) is 5.37. The lowest BCUT2D eigenvalue weighted by atomic mass is 10.0. The molecule has 0 spiro atoms. The van der Waals surface area contributed by atoms with Gasteiger partial charge in [0.15, 0.2) is 0 Å². The maximum absolute atomic E-state index is 4.59. The van der Waals surface area contributed by atoms with Crippen LogP contribution in [0.15, 0.2) is 84.9 Å². The Balaban J connectivity index is 1.85. The Bertz CT molecular complexity index is 726. The Morgan fingerprint density at radius 1 is 0.619 bits per heavy atom. The smallest absolute Gasteiger partial charge is 0.0118 e. The first-order chi connectivity index (χ1) is 10.3. The SMILES string of the molecule is SC(=Cc1ccc(-c2ccccc2)cc1)c1ccccc1. The molecule has 0 radical (unpaired) electrons. The molecule has 0 amide bonds. The van der Waals surface area contributed by atoms with Crippen LogP contribution in [0.3, 0.4) is 0 Å². The lowest BCUT2D eigenvalue weighted by molar-refractivity contribution is 1.60. The van der Waals surface area contributed by atoms with Crippen molar-refractivity contribution < 1.29 is 0 Å². The third kappa shape index (κ3) is 3.45. The Morgan fingerprint density at radius 2 is 1.14 bits per heavy atom. The first-order valence-electron chi connectivity index (χ1n) is 6.94. The summed E-state index contributed by atoms with van der Waals surface area (Å²) in [6.45, 7) is 0. The number of rotatable bonds is 3. The van der Waals surface area contributed by atoms with E-state index in [0.29, 0.717) is 0 Å². The lowest BCUT2D eigenvalue weighted by Gasteiger charge is -2.03. The van der Waals surface area contributed by atoms with Gasteiger partial charge in [-0.1, -0.05) is 84.9 Å². The molecule has 0 N–H and O–H groups in total. The Morgan fingerprint density at radius 3 is 1.76 bits per heavy atom. The van der Waals surface area contributed by atoms with E-state index in [4.69, 9.17) is 0 Å². The minimum absolute atomic E-state index is 0.975. The van der Waals surface area contributed by atoms with E-state index in [1.165, 1.54) is 11.1 Å². The number of hydrogen-bond donors (Lipinski definition) is 1. The van der Waals surface area contributed by atoms with Crippen LogP contribution in [-0.2, 0) is 0 Å². The molecule has 0 fully saturated rings. The van der Waals surface area contributed by atoms with E-state index < -0.39 is 0 Å². The summed E-state index contributed by atoms with van der Waals surface area (Å²) in [5.41, 5.74) is 4.76. The second kappa shape index (κ2) is 6.47. The van der Waals surface area contributed by atoms with E-state index in [1.807, 2.05) is 24.3 Å². The first-order valence-corrected chi connectivity index (χ1v) is 7.39. The van der Waals surface area contributed by atoms with Crippen molar-refractivity contribution in [2.75, 3.05) is 0 Å². The predicted octanol–water partition coefficient (Wildman–Crippen LogP) is 5.78. The Kier molecular flexibility index (Phi) is 4.23. The van der Waals surface area contributed by atoms with Gasteiger partial charge < -0.3 is 0 Å². The van der Waals surface area contributed by atoms with Crippen LogP contribution in [0.4, 0.5) is 0 Å².